The van der Waals surface area contributed by atoms with Crippen molar-refractivity contribution in [2.45, 2.75) is 18.7 Å². The molecule has 1 amide bonds. The third kappa shape index (κ3) is 3.65. The van der Waals surface area contributed by atoms with E-state index >= 15 is 0 Å². The Bertz CT molecular complexity index is 816. The van der Waals surface area contributed by atoms with Gasteiger partial charge in [0.1, 0.15) is 11.8 Å². The Kier molecular flexibility index (Phi) is 4.95. The van der Waals surface area contributed by atoms with E-state index in [4.69, 9.17) is 8.94 Å². The highest BCUT2D eigenvalue weighted by Gasteiger charge is 2.20. The predicted molar refractivity (Wildman–Crippen MR) is 89.3 cm³/mol. The van der Waals surface area contributed by atoms with Gasteiger partial charge in [0.2, 0.25) is 11.7 Å². The maximum absolute atomic E-state index is 12.2. The number of thioether (sulfide) groups is 1. The van der Waals surface area contributed by atoms with Crippen molar-refractivity contribution < 1.29 is 13.7 Å². The monoisotopic (exact) mass is 344 g/mol. The number of hydrogen-bond acceptors (Lipinski definition) is 7. The van der Waals surface area contributed by atoms with Gasteiger partial charge in [-0.05, 0) is 37.4 Å². The first kappa shape index (κ1) is 16.3. The zero-order valence-electron chi connectivity index (χ0n) is 13.2. The molecule has 0 spiro atoms. The molecule has 3 aromatic heterocycles. The number of furan rings is 1. The van der Waals surface area contributed by atoms with Crippen LogP contribution in [0.25, 0.3) is 11.4 Å². The minimum atomic E-state index is -0.435. The fourth-order valence-corrected chi connectivity index (χ4v) is 2.52. The lowest BCUT2D eigenvalue weighted by molar-refractivity contribution is 0.0903. The summed E-state index contributed by atoms with van der Waals surface area (Å²) in [6.07, 6.45) is 5.28. The summed E-state index contributed by atoms with van der Waals surface area (Å²) in [5.74, 6) is 2.21. The van der Waals surface area contributed by atoms with E-state index in [1.807, 2.05) is 6.26 Å². The summed E-state index contributed by atoms with van der Waals surface area (Å²) in [5, 5.41) is 6.71. The number of rotatable bonds is 6. The normalized spacial score (nSPS) is 12.1. The molecule has 124 valence electrons. The number of carbonyl (C=O) groups excluding carboxylic acids is 1. The van der Waals surface area contributed by atoms with Gasteiger partial charge in [0.25, 0.3) is 5.91 Å². The van der Waals surface area contributed by atoms with Crippen molar-refractivity contribution in [2.24, 2.45) is 0 Å². The first-order valence-electron chi connectivity index (χ1n) is 7.30. The van der Waals surface area contributed by atoms with E-state index in [0.29, 0.717) is 11.7 Å². The molecule has 0 saturated heterocycles. The van der Waals surface area contributed by atoms with Gasteiger partial charge in [0.05, 0.1) is 5.75 Å². The topological polar surface area (TPSA) is 94.1 Å². The van der Waals surface area contributed by atoms with Crippen LogP contribution in [0.15, 0.2) is 45.6 Å². The van der Waals surface area contributed by atoms with Crippen LogP contribution in [0.5, 0.6) is 0 Å². The molecule has 1 N–H and O–H groups in total. The van der Waals surface area contributed by atoms with Crippen molar-refractivity contribution in [2.75, 3.05) is 6.26 Å². The fourth-order valence-electron chi connectivity index (χ4n) is 2.08. The highest BCUT2D eigenvalue weighted by molar-refractivity contribution is 7.97. The zero-order valence-corrected chi connectivity index (χ0v) is 14.0. The van der Waals surface area contributed by atoms with Gasteiger partial charge in [0, 0.05) is 18.0 Å². The minimum Gasteiger partial charge on any atom is -0.455 e. The van der Waals surface area contributed by atoms with Crippen molar-refractivity contribution in [1.82, 2.24) is 20.4 Å². The van der Waals surface area contributed by atoms with E-state index in [2.05, 4.69) is 20.4 Å². The molecular weight excluding hydrogens is 328 g/mol. The van der Waals surface area contributed by atoms with Crippen LogP contribution < -0.4 is 5.32 Å². The molecule has 0 bridgehead atoms. The molecule has 3 rings (SSSR count). The number of hydrogen-bond donors (Lipinski definition) is 1. The van der Waals surface area contributed by atoms with Crippen LogP contribution in [0, 0.1) is 0 Å². The first-order valence-corrected chi connectivity index (χ1v) is 8.69. The van der Waals surface area contributed by atoms with E-state index in [1.54, 1.807) is 55.3 Å². The molecule has 24 heavy (non-hydrogen) atoms. The second-order valence-electron chi connectivity index (χ2n) is 5.09. The van der Waals surface area contributed by atoms with Gasteiger partial charge in [-0.1, -0.05) is 5.16 Å². The third-order valence-corrected chi connectivity index (χ3v) is 3.84. The molecule has 0 aliphatic rings. The molecule has 0 saturated carbocycles. The van der Waals surface area contributed by atoms with Gasteiger partial charge in [-0.15, -0.1) is 0 Å². The Hall–Kier alpha value is -2.61. The molecule has 0 aliphatic heterocycles. The van der Waals surface area contributed by atoms with E-state index < -0.39 is 6.04 Å². The maximum Gasteiger partial charge on any atom is 0.287 e. The summed E-state index contributed by atoms with van der Waals surface area (Å²) >= 11 is 1.63. The zero-order chi connectivity index (χ0) is 16.9. The third-order valence-electron chi connectivity index (χ3n) is 3.27. The van der Waals surface area contributed by atoms with Crippen LogP contribution in [0.3, 0.4) is 0 Å². The molecule has 0 aliphatic carbocycles. The minimum absolute atomic E-state index is 0.264. The molecule has 1 atom stereocenters. The quantitative estimate of drug-likeness (QED) is 0.734. The predicted octanol–water partition coefficient (Wildman–Crippen LogP) is 3.08. The molecular formula is C16H16N4O3S. The highest BCUT2D eigenvalue weighted by Crippen LogP contribution is 2.19. The largest absolute Gasteiger partial charge is 0.455 e. The van der Waals surface area contributed by atoms with Gasteiger partial charge in [-0.25, -0.2) is 0 Å². The Morgan fingerprint density at radius 1 is 1.29 bits per heavy atom. The average Bonchev–Trinajstić information content (AvgIpc) is 3.25. The van der Waals surface area contributed by atoms with Gasteiger partial charge in [0.15, 0.2) is 5.76 Å². The number of amides is 1. The van der Waals surface area contributed by atoms with Gasteiger partial charge >= 0.3 is 0 Å². The molecule has 8 heteroatoms. The molecule has 0 fully saturated rings. The Morgan fingerprint density at radius 2 is 2.08 bits per heavy atom. The van der Waals surface area contributed by atoms with Gasteiger partial charge < -0.3 is 14.3 Å². The Balaban J connectivity index is 1.67. The SMILES string of the molecule is CSCc1ccc(C(=O)NC(C)c2nc(-c3ccncc3)no2)o1. The van der Waals surface area contributed by atoms with E-state index in [-0.39, 0.29) is 11.7 Å². The van der Waals surface area contributed by atoms with Crippen LogP contribution >= 0.6 is 11.8 Å². The summed E-state index contributed by atoms with van der Waals surface area (Å²) in [6, 6.07) is 6.59. The van der Waals surface area contributed by atoms with Crippen LogP contribution in [-0.4, -0.2) is 27.3 Å². The van der Waals surface area contributed by atoms with Crippen molar-refractivity contribution in [3.63, 3.8) is 0 Å². The van der Waals surface area contributed by atoms with Crippen LogP contribution in [0.2, 0.25) is 0 Å². The second kappa shape index (κ2) is 7.31. The van der Waals surface area contributed by atoms with Crippen LogP contribution in [0.4, 0.5) is 0 Å². The van der Waals surface area contributed by atoms with Crippen molar-refractivity contribution in [1.29, 1.82) is 0 Å². The summed E-state index contributed by atoms with van der Waals surface area (Å²) in [7, 11) is 0. The Labute approximate surface area is 142 Å². The fraction of sp³-hybridized carbons (Fsp3) is 0.250. The molecule has 7 nitrogen and oxygen atoms in total. The summed E-state index contributed by atoms with van der Waals surface area (Å²) < 4.78 is 10.7. The van der Waals surface area contributed by atoms with Crippen LogP contribution in [-0.2, 0) is 5.75 Å². The molecule has 3 heterocycles. The van der Waals surface area contributed by atoms with E-state index in [0.717, 1.165) is 17.1 Å². The highest BCUT2D eigenvalue weighted by atomic mass is 32.2. The second-order valence-corrected chi connectivity index (χ2v) is 5.95. The van der Waals surface area contributed by atoms with Gasteiger partial charge in [-0.2, -0.15) is 16.7 Å². The smallest absolute Gasteiger partial charge is 0.287 e. The molecule has 0 radical (unpaired) electrons. The molecule has 3 aromatic rings. The molecule has 0 aromatic carbocycles. The van der Waals surface area contributed by atoms with E-state index in [9.17, 15) is 4.79 Å². The van der Waals surface area contributed by atoms with Gasteiger partial charge in [-0.3, -0.25) is 9.78 Å². The van der Waals surface area contributed by atoms with Crippen LogP contribution in [0.1, 0.15) is 35.2 Å². The standard InChI is InChI=1S/C16H16N4O3S/c1-10(18-15(21)13-4-3-12(22-13)9-24-2)16-19-14(20-23-16)11-5-7-17-8-6-11/h3-8,10H,9H2,1-2H3,(H,18,21). The molecule has 1 unspecified atom stereocenters. The summed E-state index contributed by atoms with van der Waals surface area (Å²) in [4.78, 5) is 20.5. The maximum atomic E-state index is 12.2. The average molecular weight is 344 g/mol. The van der Waals surface area contributed by atoms with Crippen molar-refractivity contribution >= 4 is 17.7 Å². The summed E-state index contributed by atoms with van der Waals surface area (Å²) in [5.41, 5.74) is 0.797. The number of pyridine rings is 1. The lowest BCUT2D eigenvalue weighted by Crippen LogP contribution is -2.26. The first-order chi connectivity index (χ1) is 11.7. The number of nitrogens with zero attached hydrogens (tertiary/aromatic N) is 3. The van der Waals surface area contributed by atoms with E-state index in [1.165, 1.54) is 0 Å². The van der Waals surface area contributed by atoms with Crippen molar-refractivity contribution in [3.8, 4) is 11.4 Å². The lowest BCUT2D eigenvalue weighted by atomic mass is 10.2. The Morgan fingerprint density at radius 3 is 2.83 bits per heavy atom. The number of nitrogens with one attached hydrogen (secondary N) is 1. The number of carbonyl (C=O) groups is 1. The number of aromatic nitrogens is 3. The lowest BCUT2D eigenvalue weighted by Gasteiger charge is -2.07. The van der Waals surface area contributed by atoms with Crippen molar-refractivity contribution in [3.05, 3.63) is 54.1 Å². The summed E-state index contributed by atoms with van der Waals surface area (Å²) in [6.45, 7) is 1.77.